The molecule has 0 fully saturated rings. The molecular formula is C10H10N4O. The average molecular weight is 202 g/mol. The minimum atomic E-state index is 0.0167. The van der Waals surface area contributed by atoms with E-state index in [4.69, 9.17) is 0 Å². The van der Waals surface area contributed by atoms with Crippen molar-refractivity contribution in [2.24, 2.45) is 0 Å². The van der Waals surface area contributed by atoms with Crippen molar-refractivity contribution < 1.29 is 0 Å². The van der Waals surface area contributed by atoms with Gasteiger partial charge in [-0.25, -0.2) is 4.98 Å². The second kappa shape index (κ2) is 3.05. The fourth-order valence-corrected chi connectivity index (χ4v) is 1.99. The molecule has 0 atom stereocenters. The summed E-state index contributed by atoms with van der Waals surface area (Å²) in [5.74, 6) is 0.553. The van der Waals surface area contributed by atoms with Crippen molar-refractivity contribution >= 4 is 0 Å². The van der Waals surface area contributed by atoms with Crippen LogP contribution in [0, 0.1) is 0 Å². The van der Waals surface area contributed by atoms with Gasteiger partial charge in [-0.05, 0) is 19.3 Å². The molecule has 2 aromatic rings. The van der Waals surface area contributed by atoms with Crippen molar-refractivity contribution in [1.82, 2.24) is 19.7 Å². The summed E-state index contributed by atoms with van der Waals surface area (Å²) in [6.45, 7) is 0. The first-order valence-corrected chi connectivity index (χ1v) is 4.95. The monoisotopic (exact) mass is 202 g/mol. The van der Waals surface area contributed by atoms with Crippen LogP contribution in [-0.4, -0.2) is 19.7 Å². The first kappa shape index (κ1) is 8.40. The Morgan fingerprint density at radius 1 is 1.33 bits per heavy atom. The van der Waals surface area contributed by atoms with Gasteiger partial charge < -0.3 is 0 Å². The summed E-state index contributed by atoms with van der Waals surface area (Å²) < 4.78 is 1.47. The fourth-order valence-electron chi connectivity index (χ4n) is 1.99. The molecule has 0 aliphatic heterocycles. The molecule has 0 radical (unpaired) electrons. The van der Waals surface area contributed by atoms with Gasteiger partial charge in [0.05, 0.1) is 6.20 Å². The maximum absolute atomic E-state index is 11.9. The zero-order valence-electron chi connectivity index (χ0n) is 8.10. The normalized spacial score (nSPS) is 14.1. The third-order valence-electron chi connectivity index (χ3n) is 2.70. The van der Waals surface area contributed by atoms with Gasteiger partial charge in [0.1, 0.15) is 0 Å². The number of hydrogen-bond acceptors (Lipinski definition) is 3. The molecule has 0 saturated heterocycles. The van der Waals surface area contributed by atoms with Crippen LogP contribution in [0.4, 0.5) is 0 Å². The van der Waals surface area contributed by atoms with Crippen LogP contribution in [0.5, 0.6) is 0 Å². The lowest BCUT2D eigenvalue weighted by Crippen LogP contribution is -2.18. The highest BCUT2D eigenvalue weighted by molar-refractivity contribution is 5.27. The summed E-state index contributed by atoms with van der Waals surface area (Å²) in [6.07, 6.45) is 7.64. The Hall–Kier alpha value is -1.91. The SMILES string of the molecule is O=c1c2c([nH]n1-c1cnccn1)CCC2. The highest BCUT2D eigenvalue weighted by Crippen LogP contribution is 2.16. The summed E-state index contributed by atoms with van der Waals surface area (Å²) in [6, 6.07) is 0. The highest BCUT2D eigenvalue weighted by atomic mass is 16.1. The summed E-state index contributed by atoms with van der Waals surface area (Å²) in [5, 5.41) is 3.08. The van der Waals surface area contributed by atoms with Gasteiger partial charge in [0, 0.05) is 23.7 Å². The van der Waals surface area contributed by atoms with E-state index in [9.17, 15) is 4.79 Å². The Labute approximate surface area is 85.8 Å². The third kappa shape index (κ3) is 1.20. The van der Waals surface area contributed by atoms with Crippen LogP contribution in [-0.2, 0) is 12.8 Å². The Morgan fingerprint density at radius 2 is 2.27 bits per heavy atom. The van der Waals surface area contributed by atoms with E-state index in [1.165, 1.54) is 4.68 Å². The van der Waals surface area contributed by atoms with Gasteiger partial charge in [0.25, 0.3) is 5.56 Å². The summed E-state index contributed by atoms with van der Waals surface area (Å²) in [5.41, 5.74) is 1.97. The number of aryl methyl sites for hydroxylation is 1. The van der Waals surface area contributed by atoms with E-state index < -0.39 is 0 Å². The van der Waals surface area contributed by atoms with Crippen LogP contribution in [0.2, 0.25) is 0 Å². The number of hydrogen-bond donors (Lipinski definition) is 1. The predicted octanol–water partition coefficient (Wildman–Crippen LogP) is 0.444. The topological polar surface area (TPSA) is 63.6 Å². The standard InChI is InChI=1S/C10H10N4O/c15-10-7-2-1-3-8(7)13-14(10)9-6-11-4-5-12-9/h4-6,13H,1-3H2. The number of nitrogens with zero attached hydrogens (tertiary/aromatic N) is 3. The minimum absolute atomic E-state index is 0.0167. The number of aromatic nitrogens is 4. The highest BCUT2D eigenvalue weighted by Gasteiger charge is 2.19. The lowest BCUT2D eigenvalue weighted by molar-refractivity contribution is 0.759. The summed E-state index contributed by atoms with van der Waals surface area (Å²) in [4.78, 5) is 20.0. The van der Waals surface area contributed by atoms with Crippen LogP contribution in [0.1, 0.15) is 17.7 Å². The lowest BCUT2D eigenvalue weighted by Gasteiger charge is -1.98. The van der Waals surface area contributed by atoms with E-state index in [0.717, 1.165) is 30.5 Å². The molecule has 1 aliphatic rings. The molecule has 0 bridgehead atoms. The van der Waals surface area contributed by atoms with E-state index in [0.29, 0.717) is 5.82 Å². The van der Waals surface area contributed by atoms with Crippen molar-refractivity contribution in [2.45, 2.75) is 19.3 Å². The second-order valence-electron chi connectivity index (χ2n) is 3.63. The Balaban J connectivity index is 2.19. The molecule has 0 aromatic carbocycles. The molecule has 5 nitrogen and oxygen atoms in total. The summed E-state index contributed by atoms with van der Waals surface area (Å²) in [7, 11) is 0. The molecule has 0 unspecified atom stereocenters. The molecule has 2 aromatic heterocycles. The van der Waals surface area contributed by atoms with E-state index in [1.807, 2.05) is 0 Å². The largest absolute Gasteiger partial charge is 0.293 e. The Kier molecular flexibility index (Phi) is 1.71. The first-order valence-electron chi connectivity index (χ1n) is 4.95. The Bertz CT molecular complexity index is 540. The molecule has 0 spiro atoms. The van der Waals surface area contributed by atoms with Crippen LogP contribution < -0.4 is 5.56 Å². The van der Waals surface area contributed by atoms with Crippen molar-refractivity contribution in [2.75, 3.05) is 0 Å². The molecule has 76 valence electrons. The van der Waals surface area contributed by atoms with E-state index in [1.54, 1.807) is 18.6 Å². The van der Waals surface area contributed by atoms with E-state index in [-0.39, 0.29) is 5.56 Å². The van der Waals surface area contributed by atoms with Gasteiger partial charge in [-0.3, -0.25) is 14.9 Å². The van der Waals surface area contributed by atoms with Gasteiger partial charge in [-0.2, -0.15) is 4.68 Å². The van der Waals surface area contributed by atoms with Crippen molar-refractivity contribution in [3.05, 3.63) is 40.2 Å². The number of fused-ring (bicyclic) bond motifs is 1. The maximum atomic E-state index is 11.9. The second-order valence-corrected chi connectivity index (χ2v) is 3.63. The van der Waals surface area contributed by atoms with Gasteiger partial charge in [-0.1, -0.05) is 0 Å². The van der Waals surface area contributed by atoms with Crippen LogP contribution in [0.3, 0.4) is 0 Å². The van der Waals surface area contributed by atoms with Crippen LogP contribution in [0.25, 0.3) is 5.82 Å². The number of H-pyrrole nitrogens is 1. The molecule has 2 heterocycles. The molecule has 3 rings (SSSR count). The molecule has 1 aliphatic carbocycles. The number of nitrogens with one attached hydrogen (secondary N) is 1. The van der Waals surface area contributed by atoms with Gasteiger partial charge in [-0.15, -0.1) is 0 Å². The quantitative estimate of drug-likeness (QED) is 0.730. The van der Waals surface area contributed by atoms with E-state index >= 15 is 0 Å². The van der Waals surface area contributed by atoms with Gasteiger partial charge in [0.15, 0.2) is 5.82 Å². The zero-order chi connectivity index (χ0) is 10.3. The minimum Gasteiger partial charge on any atom is -0.293 e. The first-order chi connectivity index (χ1) is 7.36. The van der Waals surface area contributed by atoms with Gasteiger partial charge >= 0.3 is 0 Å². The average Bonchev–Trinajstić information content (AvgIpc) is 2.83. The lowest BCUT2D eigenvalue weighted by atomic mass is 10.3. The molecule has 0 amide bonds. The Morgan fingerprint density at radius 3 is 3.00 bits per heavy atom. The van der Waals surface area contributed by atoms with Crippen LogP contribution in [0.15, 0.2) is 23.4 Å². The van der Waals surface area contributed by atoms with Crippen molar-refractivity contribution in [1.29, 1.82) is 0 Å². The molecule has 15 heavy (non-hydrogen) atoms. The van der Waals surface area contributed by atoms with E-state index in [2.05, 4.69) is 15.1 Å². The number of rotatable bonds is 1. The predicted molar refractivity (Wildman–Crippen MR) is 54.0 cm³/mol. The van der Waals surface area contributed by atoms with Gasteiger partial charge in [0.2, 0.25) is 0 Å². The molecule has 5 heteroatoms. The molecular weight excluding hydrogens is 192 g/mol. The third-order valence-corrected chi connectivity index (χ3v) is 2.70. The smallest absolute Gasteiger partial charge is 0.276 e. The maximum Gasteiger partial charge on any atom is 0.276 e. The summed E-state index contributed by atoms with van der Waals surface area (Å²) >= 11 is 0. The molecule has 1 N–H and O–H groups in total. The number of aromatic amines is 1. The molecule has 0 saturated carbocycles. The van der Waals surface area contributed by atoms with Crippen molar-refractivity contribution in [3.63, 3.8) is 0 Å². The van der Waals surface area contributed by atoms with Crippen LogP contribution >= 0.6 is 0 Å². The fraction of sp³-hybridized carbons (Fsp3) is 0.300. The van der Waals surface area contributed by atoms with Crippen molar-refractivity contribution in [3.8, 4) is 5.82 Å². The zero-order valence-corrected chi connectivity index (χ0v) is 8.10.